The Bertz CT molecular complexity index is 451. The van der Waals surface area contributed by atoms with Crippen molar-refractivity contribution in [2.24, 2.45) is 11.7 Å². The predicted octanol–water partition coefficient (Wildman–Crippen LogP) is 2.55. The fourth-order valence-electron chi connectivity index (χ4n) is 3.09. The summed E-state index contributed by atoms with van der Waals surface area (Å²) in [5.41, 5.74) is 7.40. The number of thioether (sulfide) groups is 1. The van der Waals surface area contributed by atoms with Gasteiger partial charge in [0.2, 0.25) is 5.91 Å². The lowest BCUT2D eigenvalue weighted by atomic mass is 9.93. The van der Waals surface area contributed by atoms with Crippen LogP contribution in [-0.4, -0.2) is 41.4 Å². The first kappa shape index (κ1) is 16.4. The van der Waals surface area contributed by atoms with Gasteiger partial charge in [-0.15, -0.1) is 0 Å². The highest BCUT2D eigenvalue weighted by Crippen LogP contribution is 2.28. The van der Waals surface area contributed by atoms with Gasteiger partial charge in [-0.25, -0.2) is 0 Å². The van der Waals surface area contributed by atoms with Crippen molar-refractivity contribution in [3.63, 3.8) is 0 Å². The molecule has 3 atom stereocenters. The molecule has 0 radical (unpaired) electrons. The molecule has 1 heterocycles. The molecule has 1 aliphatic heterocycles. The third-order valence-electron chi connectivity index (χ3n) is 4.49. The normalized spacial score (nSPS) is 23.3. The molecule has 116 valence electrons. The lowest BCUT2D eigenvalue weighted by Crippen LogP contribution is -2.46. The number of likely N-dealkylation sites (tertiary alicyclic amines) is 1. The van der Waals surface area contributed by atoms with Crippen LogP contribution in [-0.2, 0) is 11.2 Å². The highest BCUT2D eigenvalue weighted by atomic mass is 32.2. The molecule has 1 aromatic carbocycles. The molecule has 0 aliphatic carbocycles. The van der Waals surface area contributed by atoms with Gasteiger partial charge in [-0.3, -0.25) is 4.79 Å². The third-order valence-corrected chi connectivity index (χ3v) is 5.13. The molecule has 1 aromatic rings. The van der Waals surface area contributed by atoms with Crippen LogP contribution in [0.5, 0.6) is 0 Å². The van der Waals surface area contributed by atoms with Crippen LogP contribution >= 0.6 is 11.8 Å². The van der Waals surface area contributed by atoms with Gasteiger partial charge in [0.25, 0.3) is 0 Å². The van der Waals surface area contributed by atoms with Crippen LogP contribution in [0.4, 0.5) is 0 Å². The maximum atomic E-state index is 12.5. The number of rotatable bonds is 6. The first-order valence-corrected chi connectivity index (χ1v) is 9.11. The van der Waals surface area contributed by atoms with Crippen molar-refractivity contribution in [3.8, 4) is 0 Å². The van der Waals surface area contributed by atoms with Crippen molar-refractivity contribution in [1.82, 2.24) is 4.90 Å². The summed E-state index contributed by atoms with van der Waals surface area (Å²) in [5.74, 6) is 1.62. The summed E-state index contributed by atoms with van der Waals surface area (Å²) in [4.78, 5) is 14.4. The minimum Gasteiger partial charge on any atom is -0.338 e. The van der Waals surface area contributed by atoms with Crippen LogP contribution in [0.1, 0.15) is 25.3 Å². The van der Waals surface area contributed by atoms with Gasteiger partial charge < -0.3 is 10.6 Å². The number of benzene rings is 1. The van der Waals surface area contributed by atoms with E-state index in [-0.39, 0.29) is 18.0 Å². The second-order valence-corrected chi connectivity index (χ2v) is 6.88. The molecular formula is C17H26N2OS. The quantitative estimate of drug-likeness (QED) is 0.878. The largest absolute Gasteiger partial charge is 0.338 e. The zero-order valence-electron chi connectivity index (χ0n) is 13.0. The van der Waals surface area contributed by atoms with Gasteiger partial charge in [0.05, 0.1) is 6.04 Å². The number of nitrogens with zero attached hydrogens (tertiary/aromatic N) is 1. The van der Waals surface area contributed by atoms with E-state index in [1.54, 1.807) is 11.8 Å². The van der Waals surface area contributed by atoms with E-state index in [0.717, 1.165) is 31.6 Å². The molecule has 1 saturated heterocycles. The average molecular weight is 306 g/mol. The van der Waals surface area contributed by atoms with Crippen LogP contribution in [0.25, 0.3) is 0 Å². The predicted molar refractivity (Wildman–Crippen MR) is 90.4 cm³/mol. The molecular weight excluding hydrogens is 280 g/mol. The molecule has 0 aromatic heterocycles. The molecule has 1 aliphatic rings. The topological polar surface area (TPSA) is 46.3 Å². The Balaban J connectivity index is 1.91. The summed E-state index contributed by atoms with van der Waals surface area (Å²) < 4.78 is 0. The summed E-state index contributed by atoms with van der Waals surface area (Å²) >= 11 is 1.74. The monoisotopic (exact) mass is 306 g/mol. The van der Waals surface area contributed by atoms with Crippen molar-refractivity contribution in [1.29, 1.82) is 0 Å². The van der Waals surface area contributed by atoms with Gasteiger partial charge in [-0.1, -0.05) is 30.3 Å². The molecule has 3 nitrogen and oxygen atoms in total. The van der Waals surface area contributed by atoms with E-state index in [9.17, 15) is 4.79 Å². The van der Waals surface area contributed by atoms with E-state index in [4.69, 9.17) is 5.73 Å². The molecule has 21 heavy (non-hydrogen) atoms. The van der Waals surface area contributed by atoms with Crippen molar-refractivity contribution >= 4 is 17.7 Å². The molecule has 0 spiro atoms. The van der Waals surface area contributed by atoms with Gasteiger partial charge >= 0.3 is 0 Å². The Labute approximate surface area is 132 Å². The van der Waals surface area contributed by atoms with Gasteiger partial charge in [-0.2, -0.15) is 11.8 Å². The number of amides is 1. The van der Waals surface area contributed by atoms with E-state index in [1.807, 2.05) is 17.2 Å². The Morgan fingerprint density at radius 2 is 2.14 bits per heavy atom. The Hall–Kier alpha value is -1.00. The van der Waals surface area contributed by atoms with Crippen LogP contribution in [0.3, 0.4) is 0 Å². The minimum absolute atomic E-state index is 0.132. The fraction of sp³-hybridized carbons (Fsp3) is 0.588. The standard InChI is InChI=1S/C17H26N2OS/c1-13-15(12-14-6-4-3-5-7-14)8-10-19(13)17(20)16(18)9-11-21-2/h3-7,13,15-16H,8-12,18H2,1-2H3/t13-,15+,16-/m0/s1. The summed E-state index contributed by atoms with van der Waals surface area (Å²) in [6.07, 6.45) is 4.95. The zero-order chi connectivity index (χ0) is 15.2. The smallest absolute Gasteiger partial charge is 0.239 e. The zero-order valence-corrected chi connectivity index (χ0v) is 13.8. The summed E-state index contributed by atoms with van der Waals surface area (Å²) in [6, 6.07) is 10.5. The van der Waals surface area contributed by atoms with E-state index in [0.29, 0.717) is 5.92 Å². The van der Waals surface area contributed by atoms with Crippen LogP contribution in [0.15, 0.2) is 30.3 Å². The van der Waals surface area contributed by atoms with Crippen molar-refractivity contribution in [2.75, 3.05) is 18.6 Å². The molecule has 4 heteroatoms. The van der Waals surface area contributed by atoms with Crippen LogP contribution in [0.2, 0.25) is 0 Å². The van der Waals surface area contributed by atoms with Gasteiger partial charge in [-0.05, 0) is 49.7 Å². The number of hydrogen-bond acceptors (Lipinski definition) is 3. The number of nitrogens with two attached hydrogens (primary N) is 1. The first-order valence-electron chi connectivity index (χ1n) is 7.72. The Morgan fingerprint density at radius 1 is 1.43 bits per heavy atom. The first-order chi connectivity index (χ1) is 10.1. The molecule has 1 amide bonds. The van der Waals surface area contributed by atoms with Gasteiger partial charge in [0, 0.05) is 12.6 Å². The van der Waals surface area contributed by atoms with Gasteiger partial charge in [0.15, 0.2) is 0 Å². The minimum atomic E-state index is -0.338. The average Bonchev–Trinajstić information content (AvgIpc) is 2.86. The van der Waals surface area contributed by atoms with Gasteiger partial charge in [0.1, 0.15) is 0 Å². The molecule has 0 bridgehead atoms. The fourth-order valence-corrected chi connectivity index (χ4v) is 3.58. The van der Waals surface area contributed by atoms with Crippen molar-refractivity contribution in [3.05, 3.63) is 35.9 Å². The maximum Gasteiger partial charge on any atom is 0.239 e. The summed E-state index contributed by atoms with van der Waals surface area (Å²) in [5, 5.41) is 0. The molecule has 0 unspecified atom stereocenters. The van der Waals surface area contributed by atoms with E-state index in [2.05, 4.69) is 31.2 Å². The number of hydrogen-bond donors (Lipinski definition) is 1. The number of carbonyl (C=O) groups excluding carboxylic acids is 1. The van der Waals surface area contributed by atoms with Crippen LogP contribution in [0, 0.1) is 5.92 Å². The molecule has 1 fully saturated rings. The maximum absolute atomic E-state index is 12.5. The molecule has 0 saturated carbocycles. The summed E-state index contributed by atoms with van der Waals surface area (Å²) in [7, 11) is 0. The second-order valence-electron chi connectivity index (χ2n) is 5.90. The highest BCUT2D eigenvalue weighted by molar-refractivity contribution is 7.98. The van der Waals surface area contributed by atoms with E-state index < -0.39 is 0 Å². The molecule has 2 rings (SSSR count). The Kier molecular flexibility index (Phi) is 6.12. The lowest BCUT2D eigenvalue weighted by Gasteiger charge is -2.27. The third kappa shape index (κ3) is 4.24. The lowest BCUT2D eigenvalue weighted by molar-refractivity contribution is -0.133. The van der Waals surface area contributed by atoms with E-state index >= 15 is 0 Å². The highest BCUT2D eigenvalue weighted by Gasteiger charge is 2.35. The van der Waals surface area contributed by atoms with Crippen molar-refractivity contribution in [2.45, 2.75) is 38.3 Å². The van der Waals surface area contributed by atoms with E-state index in [1.165, 1.54) is 5.56 Å². The number of carbonyl (C=O) groups is 1. The summed E-state index contributed by atoms with van der Waals surface area (Å²) in [6.45, 7) is 3.02. The SMILES string of the molecule is CSCC[C@H](N)C(=O)N1CC[C@H](Cc2ccccc2)[C@@H]1C. The van der Waals surface area contributed by atoms with Crippen LogP contribution < -0.4 is 5.73 Å². The Morgan fingerprint density at radius 3 is 2.81 bits per heavy atom. The second kappa shape index (κ2) is 7.85. The van der Waals surface area contributed by atoms with Crippen molar-refractivity contribution < 1.29 is 4.79 Å². The molecule has 2 N–H and O–H groups in total.